The Labute approximate surface area is 174 Å². The molecule has 144 valence electrons. The topological polar surface area (TPSA) is 25.2 Å². The van der Waals surface area contributed by atoms with Gasteiger partial charge in [0, 0.05) is 23.3 Å². The van der Waals surface area contributed by atoms with Crippen LogP contribution in [0.15, 0.2) is 84.4 Å². The van der Waals surface area contributed by atoms with E-state index >= 15 is 0 Å². The predicted molar refractivity (Wildman–Crippen MR) is 117 cm³/mol. The van der Waals surface area contributed by atoms with E-state index < -0.39 is 0 Å². The molecular weight excluding hydrogens is 376 g/mol. The number of aryl methyl sites for hydroxylation is 1. The monoisotopic (exact) mass is 398 g/mol. The first-order chi connectivity index (χ1) is 14.2. The molecule has 2 aromatic heterocycles. The third-order valence-electron chi connectivity index (χ3n) is 5.58. The third kappa shape index (κ3) is 3.30. The maximum Gasteiger partial charge on any atom is 0.228 e. The van der Waals surface area contributed by atoms with E-state index in [0.29, 0.717) is 13.0 Å². The van der Waals surface area contributed by atoms with Crippen molar-refractivity contribution in [3.05, 3.63) is 112 Å². The highest BCUT2D eigenvalue weighted by atomic mass is 32.1. The summed E-state index contributed by atoms with van der Waals surface area (Å²) in [6.07, 6.45) is 2.53. The number of benzene rings is 2. The van der Waals surface area contributed by atoms with Gasteiger partial charge in [0.15, 0.2) is 0 Å². The number of amides is 1. The summed E-state index contributed by atoms with van der Waals surface area (Å²) in [5.41, 5.74) is 5.80. The Bertz CT molecular complexity index is 1140. The number of hydrogen-bond acceptors (Lipinski definition) is 2. The summed E-state index contributed by atoms with van der Waals surface area (Å²) in [4.78, 5) is 16.7. The molecule has 0 aliphatic carbocycles. The molecule has 0 bridgehead atoms. The van der Waals surface area contributed by atoms with Gasteiger partial charge in [-0.2, -0.15) is 0 Å². The van der Waals surface area contributed by atoms with Crippen LogP contribution in [-0.2, 0) is 17.8 Å². The second-order valence-electron chi connectivity index (χ2n) is 7.52. The molecule has 0 spiro atoms. The van der Waals surface area contributed by atoms with Gasteiger partial charge >= 0.3 is 0 Å². The standard InChI is InChI=1S/C25H22N2OS/c1-18-10-12-19(13-11-18)25-23-9-4-14-26(23)22-8-3-2-6-20(22)17-27(25)24(28)16-21-7-5-15-29-21/h2-15,25H,16-17H2,1H3/t25-/m0/s1. The van der Waals surface area contributed by atoms with Crippen LogP contribution in [0.3, 0.4) is 0 Å². The highest BCUT2D eigenvalue weighted by Gasteiger charge is 2.32. The maximum absolute atomic E-state index is 13.5. The van der Waals surface area contributed by atoms with Crippen LogP contribution in [0.25, 0.3) is 5.69 Å². The Kier molecular flexibility index (Phi) is 4.57. The summed E-state index contributed by atoms with van der Waals surface area (Å²) in [6.45, 7) is 2.69. The number of hydrogen-bond donors (Lipinski definition) is 0. The van der Waals surface area contributed by atoms with Crippen molar-refractivity contribution in [2.45, 2.75) is 25.9 Å². The van der Waals surface area contributed by atoms with E-state index in [4.69, 9.17) is 0 Å². The molecule has 0 radical (unpaired) electrons. The molecule has 1 atom stereocenters. The molecule has 0 N–H and O–H groups in total. The van der Waals surface area contributed by atoms with Gasteiger partial charge in [-0.1, -0.05) is 54.1 Å². The molecular formula is C25H22N2OS. The maximum atomic E-state index is 13.5. The minimum absolute atomic E-state index is 0.120. The molecule has 4 aromatic rings. The summed E-state index contributed by atoms with van der Waals surface area (Å²) in [7, 11) is 0. The molecule has 0 fully saturated rings. The molecule has 4 heteroatoms. The van der Waals surface area contributed by atoms with Gasteiger partial charge in [0.25, 0.3) is 0 Å². The van der Waals surface area contributed by atoms with Crippen molar-refractivity contribution >= 4 is 17.2 Å². The lowest BCUT2D eigenvalue weighted by molar-refractivity contribution is -0.132. The first-order valence-corrected chi connectivity index (χ1v) is 10.7. The summed E-state index contributed by atoms with van der Waals surface area (Å²) in [6, 6.07) is 25.1. The fourth-order valence-corrected chi connectivity index (χ4v) is 4.84. The molecule has 5 rings (SSSR count). The quantitative estimate of drug-likeness (QED) is 0.446. The van der Waals surface area contributed by atoms with E-state index in [1.165, 1.54) is 11.1 Å². The number of thiophene rings is 1. The van der Waals surface area contributed by atoms with Crippen LogP contribution >= 0.6 is 11.3 Å². The van der Waals surface area contributed by atoms with Crippen LogP contribution < -0.4 is 0 Å². The summed E-state index contributed by atoms with van der Waals surface area (Å²) >= 11 is 1.64. The minimum Gasteiger partial charge on any atom is -0.325 e. The van der Waals surface area contributed by atoms with Gasteiger partial charge in [0.2, 0.25) is 5.91 Å². The van der Waals surface area contributed by atoms with Crippen molar-refractivity contribution < 1.29 is 4.79 Å². The van der Waals surface area contributed by atoms with Crippen molar-refractivity contribution in [2.75, 3.05) is 0 Å². The van der Waals surface area contributed by atoms with Crippen LogP contribution in [0.1, 0.15) is 33.3 Å². The number of rotatable bonds is 3. The van der Waals surface area contributed by atoms with Crippen LogP contribution in [0.5, 0.6) is 0 Å². The lowest BCUT2D eigenvalue weighted by Crippen LogP contribution is -2.35. The van der Waals surface area contributed by atoms with Gasteiger partial charge in [0.05, 0.1) is 18.2 Å². The Morgan fingerprint density at radius 3 is 2.62 bits per heavy atom. The second kappa shape index (κ2) is 7.37. The highest BCUT2D eigenvalue weighted by molar-refractivity contribution is 7.10. The van der Waals surface area contributed by atoms with Crippen LogP contribution in [0, 0.1) is 6.92 Å². The molecule has 1 aliphatic heterocycles. The van der Waals surface area contributed by atoms with Gasteiger partial charge < -0.3 is 9.47 Å². The SMILES string of the molecule is Cc1ccc([C@H]2c3cccn3-c3ccccc3CN2C(=O)Cc2cccs2)cc1. The number of fused-ring (bicyclic) bond motifs is 3. The summed E-state index contributed by atoms with van der Waals surface area (Å²) < 4.78 is 2.23. The molecule has 0 saturated carbocycles. The number of para-hydroxylation sites is 1. The zero-order valence-electron chi connectivity index (χ0n) is 16.3. The van der Waals surface area contributed by atoms with Crippen molar-refractivity contribution in [3.63, 3.8) is 0 Å². The minimum atomic E-state index is -0.120. The molecule has 29 heavy (non-hydrogen) atoms. The van der Waals surface area contributed by atoms with E-state index in [9.17, 15) is 4.79 Å². The molecule has 1 aliphatic rings. The van der Waals surface area contributed by atoms with Crippen LogP contribution in [0.4, 0.5) is 0 Å². The lowest BCUT2D eigenvalue weighted by Gasteiger charge is -2.31. The Morgan fingerprint density at radius 1 is 1.00 bits per heavy atom. The van der Waals surface area contributed by atoms with E-state index in [1.54, 1.807) is 11.3 Å². The zero-order chi connectivity index (χ0) is 19.8. The summed E-state index contributed by atoms with van der Waals surface area (Å²) in [5.74, 6) is 0.155. The molecule has 3 nitrogen and oxygen atoms in total. The molecule has 1 amide bonds. The van der Waals surface area contributed by atoms with E-state index in [-0.39, 0.29) is 11.9 Å². The average molecular weight is 399 g/mol. The Morgan fingerprint density at radius 2 is 1.83 bits per heavy atom. The number of carbonyl (C=O) groups excluding carboxylic acids is 1. The van der Waals surface area contributed by atoms with Crippen molar-refractivity contribution in [2.24, 2.45) is 0 Å². The van der Waals surface area contributed by atoms with Gasteiger partial charge in [0.1, 0.15) is 0 Å². The largest absolute Gasteiger partial charge is 0.325 e. The molecule has 0 unspecified atom stereocenters. The summed E-state index contributed by atoms with van der Waals surface area (Å²) in [5, 5.41) is 2.03. The number of nitrogens with zero attached hydrogens (tertiary/aromatic N) is 2. The average Bonchev–Trinajstić information content (AvgIpc) is 3.39. The zero-order valence-corrected chi connectivity index (χ0v) is 17.1. The van der Waals surface area contributed by atoms with Crippen molar-refractivity contribution in [1.29, 1.82) is 0 Å². The van der Waals surface area contributed by atoms with E-state index in [0.717, 1.165) is 21.8 Å². The first-order valence-electron chi connectivity index (χ1n) is 9.84. The smallest absolute Gasteiger partial charge is 0.228 e. The van der Waals surface area contributed by atoms with Crippen molar-refractivity contribution in [1.82, 2.24) is 9.47 Å². The van der Waals surface area contributed by atoms with E-state index in [1.807, 2.05) is 22.4 Å². The second-order valence-corrected chi connectivity index (χ2v) is 8.56. The molecule has 3 heterocycles. The van der Waals surface area contributed by atoms with Gasteiger partial charge in [-0.05, 0) is 47.7 Å². The fourth-order valence-electron chi connectivity index (χ4n) is 4.15. The predicted octanol–water partition coefficient (Wildman–Crippen LogP) is 5.52. The highest BCUT2D eigenvalue weighted by Crippen LogP contribution is 2.37. The number of carbonyl (C=O) groups is 1. The van der Waals surface area contributed by atoms with Gasteiger partial charge in [-0.3, -0.25) is 4.79 Å². The van der Waals surface area contributed by atoms with Gasteiger partial charge in [-0.25, -0.2) is 0 Å². The Balaban J connectivity index is 1.65. The normalized spacial score (nSPS) is 15.5. The lowest BCUT2D eigenvalue weighted by atomic mass is 10.00. The van der Waals surface area contributed by atoms with Crippen LogP contribution in [-0.4, -0.2) is 15.4 Å². The third-order valence-corrected chi connectivity index (χ3v) is 6.46. The van der Waals surface area contributed by atoms with Gasteiger partial charge in [-0.15, -0.1) is 11.3 Å². The molecule has 0 saturated heterocycles. The first kappa shape index (κ1) is 18.0. The van der Waals surface area contributed by atoms with Crippen molar-refractivity contribution in [3.8, 4) is 5.69 Å². The van der Waals surface area contributed by atoms with Crippen LogP contribution in [0.2, 0.25) is 0 Å². The molecule has 2 aromatic carbocycles. The fraction of sp³-hybridized carbons (Fsp3) is 0.160. The Hall–Kier alpha value is -3.11. The number of aromatic nitrogens is 1. The van der Waals surface area contributed by atoms with E-state index in [2.05, 4.69) is 78.4 Å².